The van der Waals surface area contributed by atoms with Gasteiger partial charge in [-0.25, -0.2) is 0 Å². The van der Waals surface area contributed by atoms with Crippen LogP contribution in [-0.2, 0) is 0 Å². The summed E-state index contributed by atoms with van der Waals surface area (Å²) < 4.78 is 0.904. The van der Waals surface area contributed by atoms with Crippen molar-refractivity contribution in [1.82, 2.24) is 5.32 Å². The third-order valence-electron chi connectivity index (χ3n) is 3.20. The first-order valence-corrected chi connectivity index (χ1v) is 7.68. The Morgan fingerprint density at radius 1 is 1.14 bits per heavy atom. The van der Waals surface area contributed by atoms with Crippen LogP contribution in [0.1, 0.15) is 28.4 Å². The first-order chi connectivity index (χ1) is 10.2. The molecule has 2 aromatic carbocycles. The number of ketones is 1. The van der Waals surface area contributed by atoms with Crippen molar-refractivity contribution in [1.29, 1.82) is 0 Å². The molecule has 0 aliphatic rings. The molecule has 0 heterocycles. The molecule has 0 spiro atoms. The molecular formula is C17H18BrNO2. The highest BCUT2D eigenvalue weighted by Crippen LogP contribution is 2.13. The van der Waals surface area contributed by atoms with Gasteiger partial charge < -0.3 is 10.4 Å². The van der Waals surface area contributed by atoms with Crippen molar-refractivity contribution in [3.8, 4) is 0 Å². The zero-order chi connectivity index (χ0) is 15.1. The summed E-state index contributed by atoms with van der Waals surface area (Å²) in [5.74, 6) is 0.0954. The Bertz CT molecular complexity index is 586. The van der Waals surface area contributed by atoms with E-state index in [0.717, 1.165) is 10.0 Å². The van der Waals surface area contributed by atoms with Crippen molar-refractivity contribution in [3.05, 3.63) is 70.2 Å². The van der Waals surface area contributed by atoms with Gasteiger partial charge >= 0.3 is 0 Å². The summed E-state index contributed by atoms with van der Waals surface area (Å²) in [6.07, 6.45) is -0.134. The zero-order valence-electron chi connectivity index (χ0n) is 11.6. The number of benzene rings is 2. The standard InChI is InChI=1S/C17H18BrNO2/c18-15-8-4-7-14(11-15)16(20)9-10-19-12-17(21)13-5-2-1-3-6-13/h1-8,11,17,19,21H,9-10,12H2. The van der Waals surface area contributed by atoms with Gasteiger partial charge in [-0.3, -0.25) is 4.79 Å². The van der Waals surface area contributed by atoms with E-state index in [2.05, 4.69) is 21.2 Å². The molecule has 2 aromatic rings. The highest BCUT2D eigenvalue weighted by Gasteiger charge is 2.08. The van der Waals surface area contributed by atoms with E-state index < -0.39 is 6.10 Å². The van der Waals surface area contributed by atoms with Gasteiger partial charge in [0.05, 0.1) is 6.10 Å². The molecule has 0 bridgehead atoms. The summed E-state index contributed by atoms with van der Waals surface area (Å²) >= 11 is 3.36. The van der Waals surface area contributed by atoms with E-state index in [1.807, 2.05) is 54.6 Å². The molecule has 21 heavy (non-hydrogen) atoms. The summed E-state index contributed by atoms with van der Waals surface area (Å²) in [5.41, 5.74) is 1.58. The average molecular weight is 348 g/mol. The lowest BCUT2D eigenvalue weighted by Crippen LogP contribution is -2.24. The van der Waals surface area contributed by atoms with Crippen LogP contribution in [0.4, 0.5) is 0 Å². The maximum atomic E-state index is 12.0. The molecule has 1 atom stereocenters. The van der Waals surface area contributed by atoms with E-state index in [9.17, 15) is 9.90 Å². The smallest absolute Gasteiger partial charge is 0.164 e. The largest absolute Gasteiger partial charge is 0.387 e. The Morgan fingerprint density at radius 3 is 2.62 bits per heavy atom. The molecule has 0 radical (unpaired) electrons. The van der Waals surface area contributed by atoms with E-state index in [4.69, 9.17) is 0 Å². The van der Waals surface area contributed by atoms with Crippen LogP contribution >= 0.6 is 15.9 Å². The number of carbonyl (C=O) groups excluding carboxylic acids is 1. The minimum absolute atomic E-state index is 0.0954. The monoisotopic (exact) mass is 347 g/mol. The number of Topliss-reactive ketones (excluding diaryl/α,β-unsaturated/α-hetero) is 1. The third kappa shape index (κ3) is 5.08. The van der Waals surface area contributed by atoms with Crippen molar-refractivity contribution >= 4 is 21.7 Å². The van der Waals surface area contributed by atoms with Gasteiger partial charge in [-0.15, -0.1) is 0 Å². The molecule has 3 nitrogen and oxygen atoms in total. The molecule has 1 unspecified atom stereocenters. The molecule has 0 saturated carbocycles. The second-order valence-corrected chi connectivity index (χ2v) is 5.73. The predicted octanol–water partition coefficient (Wildman–Crippen LogP) is 3.35. The van der Waals surface area contributed by atoms with E-state index in [1.165, 1.54) is 0 Å². The molecule has 110 valence electrons. The second-order valence-electron chi connectivity index (χ2n) is 4.81. The minimum atomic E-state index is -0.549. The van der Waals surface area contributed by atoms with Crippen molar-refractivity contribution in [2.75, 3.05) is 13.1 Å². The molecule has 0 aliphatic carbocycles. The Hall–Kier alpha value is -1.49. The van der Waals surface area contributed by atoms with Crippen LogP contribution in [0.2, 0.25) is 0 Å². The van der Waals surface area contributed by atoms with Crippen LogP contribution in [0.15, 0.2) is 59.1 Å². The Labute approximate surface area is 133 Å². The van der Waals surface area contributed by atoms with Gasteiger partial charge in [-0.05, 0) is 17.7 Å². The number of hydrogen-bond acceptors (Lipinski definition) is 3. The molecule has 0 aromatic heterocycles. The average Bonchev–Trinajstić information content (AvgIpc) is 2.52. The van der Waals surface area contributed by atoms with E-state index >= 15 is 0 Å². The molecule has 0 aliphatic heterocycles. The molecule has 2 N–H and O–H groups in total. The number of hydrogen-bond donors (Lipinski definition) is 2. The highest BCUT2D eigenvalue weighted by atomic mass is 79.9. The normalized spacial score (nSPS) is 12.1. The van der Waals surface area contributed by atoms with Crippen molar-refractivity contribution in [3.63, 3.8) is 0 Å². The number of halogens is 1. The number of aliphatic hydroxyl groups excluding tert-OH is 1. The summed E-state index contributed by atoms with van der Waals surface area (Å²) in [6.45, 7) is 0.991. The summed E-state index contributed by atoms with van der Waals surface area (Å²) in [5, 5.41) is 13.1. The van der Waals surface area contributed by atoms with E-state index in [0.29, 0.717) is 25.1 Å². The third-order valence-corrected chi connectivity index (χ3v) is 3.69. The first kappa shape index (κ1) is 15.9. The number of nitrogens with one attached hydrogen (secondary N) is 1. The lowest BCUT2D eigenvalue weighted by molar-refractivity contribution is 0.0979. The maximum absolute atomic E-state index is 12.0. The van der Waals surface area contributed by atoms with Crippen molar-refractivity contribution < 1.29 is 9.90 Å². The van der Waals surface area contributed by atoms with Gasteiger partial charge in [0.1, 0.15) is 0 Å². The van der Waals surface area contributed by atoms with E-state index in [1.54, 1.807) is 0 Å². The van der Waals surface area contributed by atoms with Crippen molar-refractivity contribution in [2.24, 2.45) is 0 Å². The molecule has 2 rings (SSSR count). The van der Waals surface area contributed by atoms with Crippen LogP contribution in [0.5, 0.6) is 0 Å². The lowest BCUT2D eigenvalue weighted by Gasteiger charge is -2.11. The predicted molar refractivity (Wildman–Crippen MR) is 87.4 cm³/mol. The van der Waals surface area contributed by atoms with Gasteiger partial charge in [0.25, 0.3) is 0 Å². The fourth-order valence-corrected chi connectivity index (χ4v) is 2.44. The number of rotatable bonds is 7. The summed E-state index contributed by atoms with van der Waals surface area (Å²) in [6, 6.07) is 16.9. The molecule has 0 saturated heterocycles. The second kappa shape index (κ2) is 8.08. The molecule has 0 amide bonds. The maximum Gasteiger partial charge on any atom is 0.164 e. The van der Waals surface area contributed by atoms with Gasteiger partial charge in [0.15, 0.2) is 5.78 Å². The van der Waals surface area contributed by atoms with Crippen LogP contribution in [-0.4, -0.2) is 24.0 Å². The van der Waals surface area contributed by atoms with Crippen LogP contribution in [0.25, 0.3) is 0 Å². The van der Waals surface area contributed by atoms with Crippen molar-refractivity contribution in [2.45, 2.75) is 12.5 Å². The molecular weight excluding hydrogens is 330 g/mol. The summed E-state index contributed by atoms with van der Waals surface area (Å²) in [7, 11) is 0. The summed E-state index contributed by atoms with van der Waals surface area (Å²) in [4.78, 5) is 12.0. The number of aliphatic hydroxyl groups is 1. The van der Waals surface area contributed by atoms with E-state index in [-0.39, 0.29) is 5.78 Å². The first-order valence-electron chi connectivity index (χ1n) is 6.89. The van der Waals surface area contributed by atoms with Gasteiger partial charge in [-0.1, -0.05) is 58.4 Å². The lowest BCUT2D eigenvalue weighted by atomic mass is 10.1. The minimum Gasteiger partial charge on any atom is -0.387 e. The number of carbonyl (C=O) groups is 1. The van der Waals surface area contributed by atoms with Crippen LogP contribution < -0.4 is 5.32 Å². The highest BCUT2D eigenvalue weighted by molar-refractivity contribution is 9.10. The topological polar surface area (TPSA) is 49.3 Å². The fraction of sp³-hybridized carbons (Fsp3) is 0.235. The Morgan fingerprint density at radius 2 is 1.90 bits per heavy atom. The SMILES string of the molecule is O=C(CCNCC(O)c1ccccc1)c1cccc(Br)c1. The van der Waals surface area contributed by atoms with Gasteiger partial charge in [-0.2, -0.15) is 0 Å². The van der Waals surface area contributed by atoms with Crippen LogP contribution in [0, 0.1) is 0 Å². The molecule has 0 fully saturated rings. The van der Waals surface area contributed by atoms with Crippen LogP contribution in [0.3, 0.4) is 0 Å². The quantitative estimate of drug-likeness (QED) is 0.596. The van der Waals surface area contributed by atoms with Gasteiger partial charge in [0, 0.05) is 29.5 Å². The fourth-order valence-electron chi connectivity index (χ4n) is 2.04. The zero-order valence-corrected chi connectivity index (χ0v) is 13.2. The Balaban J connectivity index is 1.74. The Kier molecular flexibility index (Phi) is 6.11. The molecule has 4 heteroatoms. The van der Waals surface area contributed by atoms with Gasteiger partial charge in [0.2, 0.25) is 0 Å².